The summed E-state index contributed by atoms with van der Waals surface area (Å²) in [5.74, 6) is 0.00839. The summed E-state index contributed by atoms with van der Waals surface area (Å²) in [6.07, 6.45) is 0.0599. The monoisotopic (exact) mass is 220 g/mol. The van der Waals surface area contributed by atoms with Crippen LogP contribution in [0.3, 0.4) is 0 Å². The molecule has 1 aromatic rings. The van der Waals surface area contributed by atoms with Gasteiger partial charge in [-0.1, -0.05) is 0 Å². The molecular formula is C11H12N2O3. The third-order valence-corrected chi connectivity index (χ3v) is 2.14. The molecule has 0 aliphatic heterocycles. The molecule has 5 nitrogen and oxygen atoms in total. The van der Waals surface area contributed by atoms with Crippen LogP contribution in [0.1, 0.15) is 11.1 Å². The van der Waals surface area contributed by atoms with Crippen molar-refractivity contribution in [2.45, 2.75) is 6.42 Å². The number of nitrogens with two attached hydrogens (primary N) is 1. The Balaban J connectivity index is 3.12. The van der Waals surface area contributed by atoms with E-state index in [9.17, 15) is 4.79 Å². The minimum atomic E-state index is -0.390. The van der Waals surface area contributed by atoms with Gasteiger partial charge >= 0.3 is 5.97 Å². The topological polar surface area (TPSA) is 85.3 Å². The van der Waals surface area contributed by atoms with E-state index in [0.29, 0.717) is 22.6 Å². The van der Waals surface area contributed by atoms with Crippen LogP contribution in [0.2, 0.25) is 0 Å². The zero-order valence-corrected chi connectivity index (χ0v) is 9.11. The summed E-state index contributed by atoms with van der Waals surface area (Å²) >= 11 is 0. The Kier molecular flexibility index (Phi) is 3.72. The molecule has 0 heterocycles. The second-order valence-electron chi connectivity index (χ2n) is 3.12. The van der Waals surface area contributed by atoms with E-state index < -0.39 is 5.97 Å². The maximum Gasteiger partial charge on any atom is 0.310 e. The number of nitrogens with zero attached hydrogens (tertiary/aromatic N) is 1. The number of esters is 1. The van der Waals surface area contributed by atoms with E-state index in [-0.39, 0.29) is 6.42 Å². The molecule has 0 fully saturated rings. The third kappa shape index (κ3) is 2.42. The predicted octanol–water partition coefficient (Wildman–Crippen LogP) is 0.865. The third-order valence-electron chi connectivity index (χ3n) is 2.14. The van der Waals surface area contributed by atoms with Crippen molar-refractivity contribution in [3.05, 3.63) is 23.3 Å². The van der Waals surface area contributed by atoms with Crippen LogP contribution in [0.15, 0.2) is 12.1 Å². The van der Waals surface area contributed by atoms with E-state index in [1.807, 2.05) is 6.07 Å². The molecule has 0 spiro atoms. The van der Waals surface area contributed by atoms with Crippen molar-refractivity contribution in [3.63, 3.8) is 0 Å². The number of carbonyl (C=O) groups excluding carboxylic acids is 1. The number of carbonyl (C=O) groups is 1. The number of benzene rings is 1. The summed E-state index contributed by atoms with van der Waals surface area (Å²) in [4.78, 5) is 11.1. The molecule has 0 aliphatic rings. The van der Waals surface area contributed by atoms with E-state index in [4.69, 9.17) is 15.7 Å². The average molecular weight is 220 g/mol. The zero-order chi connectivity index (χ0) is 12.1. The van der Waals surface area contributed by atoms with Crippen molar-refractivity contribution in [1.29, 1.82) is 5.26 Å². The normalized spacial score (nSPS) is 9.31. The smallest absolute Gasteiger partial charge is 0.310 e. The summed E-state index contributed by atoms with van der Waals surface area (Å²) in [6, 6.07) is 5.02. The Bertz CT molecular complexity index is 449. The molecule has 5 heteroatoms. The molecule has 0 saturated carbocycles. The van der Waals surface area contributed by atoms with E-state index in [1.54, 1.807) is 6.07 Å². The lowest BCUT2D eigenvalue weighted by Gasteiger charge is -2.08. The van der Waals surface area contributed by atoms with E-state index in [1.165, 1.54) is 20.3 Å². The van der Waals surface area contributed by atoms with Gasteiger partial charge in [0, 0.05) is 5.69 Å². The highest BCUT2D eigenvalue weighted by atomic mass is 16.5. The first-order chi connectivity index (χ1) is 7.62. The fourth-order valence-corrected chi connectivity index (χ4v) is 1.28. The minimum absolute atomic E-state index is 0.0599. The number of rotatable bonds is 3. The molecule has 1 aromatic carbocycles. The number of hydrogen-bond acceptors (Lipinski definition) is 5. The van der Waals surface area contributed by atoms with Gasteiger partial charge in [-0.2, -0.15) is 5.26 Å². The fourth-order valence-electron chi connectivity index (χ4n) is 1.28. The average Bonchev–Trinajstić information content (AvgIpc) is 2.30. The second kappa shape index (κ2) is 5.03. The van der Waals surface area contributed by atoms with Gasteiger partial charge in [0.2, 0.25) is 0 Å². The second-order valence-corrected chi connectivity index (χ2v) is 3.12. The van der Waals surface area contributed by atoms with Gasteiger partial charge in [0.25, 0.3) is 0 Å². The van der Waals surface area contributed by atoms with Crippen molar-refractivity contribution in [2.75, 3.05) is 20.0 Å². The predicted molar refractivity (Wildman–Crippen MR) is 57.8 cm³/mol. The van der Waals surface area contributed by atoms with Crippen LogP contribution >= 0.6 is 0 Å². The Morgan fingerprint density at radius 2 is 2.19 bits per heavy atom. The summed E-state index contributed by atoms with van der Waals surface area (Å²) in [6.45, 7) is 0. The van der Waals surface area contributed by atoms with Crippen LogP contribution in [0, 0.1) is 11.3 Å². The van der Waals surface area contributed by atoms with Gasteiger partial charge in [-0.3, -0.25) is 4.79 Å². The van der Waals surface area contributed by atoms with E-state index >= 15 is 0 Å². The molecule has 1 rings (SSSR count). The molecule has 0 aliphatic carbocycles. The minimum Gasteiger partial charge on any atom is -0.495 e. The summed E-state index contributed by atoms with van der Waals surface area (Å²) in [5, 5.41) is 8.82. The Morgan fingerprint density at radius 1 is 1.50 bits per heavy atom. The van der Waals surface area contributed by atoms with Gasteiger partial charge < -0.3 is 15.2 Å². The SMILES string of the molecule is COC(=O)Cc1cc(OC)c(C#N)cc1N. The Morgan fingerprint density at radius 3 is 2.69 bits per heavy atom. The number of ether oxygens (including phenoxy) is 2. The van der Waals surface area contributed by atoms with Crippen molar-refractivity contribution in [3.8, 4) is 11.8 Å². The largest absolute Gasteiger partial charge is 0.495 e. The number of nitrogen functional groups attached to an aromatic ring is 1. The summed E-state index contributed by atoms with van der Waals surface area (Å²) in [5.41, 5.74) is 7.01. The molecule has 0 amide bonds. The molecule has 16 heavy (non-hydrogen) atoms. The van der Waals surface area contributed by atoms with Gasteiger partial charge in [0.05, 0.1) is 26.2 Å². The van der Waals surface area contributed by atoms with Crippen LogP contribution in [0.25, 0.3) is 0 Å². The standard InChI is InChI=1S/C11H12N2O3/c1-15-10-4-7(5-11(14)16-2)9(13)3-8(10)6-12/h3-4H,5,13H2,1-2H3. The highest BCUT2D eigenvalue weighted by Crippen LogP contribution is 2.25. The molecular weight excluding hydrogens is 208 g/mol. The van der Waals surface area contributed by atoms with Crippen molar-refractivity contribution >= 4 is 11.7 Å². The van der Waals surface area contributed by atoms with Crippen molar-refractivity contribution in [2.24, 2.45) is 0 Å². The first-order valence-corrected chi connectivity index (χ1v) is 4.55. The first kappa shape index (κ1) is 11.9. The van der Waals surface area contributed by atoms with Crippen molar-refractivity contribution in [1.82, 2.24) is 0 Å². The molecule has 0 bridgehead atoms. The summed E-state index contributed by atoms with van der Waals surface area (Å²) in [7, 11) is 2.76. The molecule has 2 N–H and O–H groups in total. The van der Waals surface area contributed by atoms with Gasteiger partial charge in [-0.25, -0.2) is 0 Å². The molecule has 0 aromatic heterocycles. The molecule has 0 atom stereocenters. The molecule has 0 radical (unpaired) electrons. The lowest BCUT2D eigenvalue weighted by atomic mass is 10.1. The van der Waals surface area contributed by atoms with Gasteiger partial charge in [0.1, 0.15) is 11.8 Å². The lowest BCUT2D eigenvalue weighted by molar-refractivity contribution is -0.139. The highest BCUT2D eigenvalue weighted by molar-refractivity contribution is 5.75. The van der Waals surface area contributed by atoms with Gasteiger partial charge in [-0.05, 0) is 17.7 Å². The molecule has 0 unspecified atom stereocenters. The maximum absolute atomic E-state index is 11.1. The van der Waals surface area contributed by atoms with Crippen LogP contribution in [0.4, 0.5) is 5.69 Å². The molecule has 84 valence electrons. The van der Waals surface area contributed by atoms with Crippen molar-refractivity contribution < 1.29 is 14.3 Å². The van der Waals surface area contributed by atoms with Crippen LogP contribution in [0.5, 0.6) is 5.75 Å². The van der Waals surface area contributed by atoms with Gasteiger partial charge in [-0.15, -0.1) is 0 Å². The zero-order valence-electron chi connectivity index (χ0n) is 9.11. The number of nitriles is 1. The van der Waals surface area contributed by atoms with Gasteiger partial charge in [0.15, 0.2) is 0 Å². The number of methoxy groups -OCH3 is 2. The highest BCUT2D eigenvalue weighted by Gasteiger charge is 2.11. The number of anilines is 1. The van der Waals surface area contributed by atoms with Crippen LogP contribution in [-0.2, 0) is 16.0 Å². The molecule has 0 saturated heterocycles. The Labute approximate surface area is 93.4 Å². The van der Waals surface area contributed by atoms with E-state index in [0.717, 1.165) is 0 Å². The fraction of sp³-hybridized carbons (Fsp3) is 0.273. The Hall–Kier alpha value is -2.22. The quantitative estimate of drug-likeness (QED) is 0.603. The summed E-state index contributed by atoms with van der Waals surface area (Å²) < 4.78 is 9.56. The maximum atomic E-state index is 11.1. The van der Waals surface area contributed by atoms with Crippen LogP contribution < -0.4 is 10.5 Å². The lowest BCUT2D eigenvalue weighted by Crippen LogP contribution is -2.07. The van der Waals surface area contributed by atoms with Crippen LogP contribution in [-0.4, -0.2) is 20.2 Å². The number of hydrogen-bond donors (Lipinski definition) is 1. The first-order valence-electron chi connectivity index (χ1n) is 4.55. The van der Waals surface area contributed by atoms with E-state index in [2.05, 4.69) is 4.74 Å².